The topological polar surface area (TPSA) is 306 Å². The Balaban J connectivity index is -0.000000443. The molecule has 0 spiro atoms. The van der Waals surface area contributed by atoms with Crippen molar-refractivity contribution in [2.24, 2.45) is 29.0 Å². The molecule has 0 aromatic heterocycles. The van der Waals surface area contributed by atoms with Crippen LogP contribution in [0.2, 0.25) is 0 Å². The van der Waals surface area contributed by atoms with Crippen LogP contribution >= 0.6 is 0 Å². The quantitative estimate of drug-likeness (QED) is 0.160. The molecule has 2 saturated heterocycles. The molecule has 16 nitrogen and oxygen atoms in total. The van der Waals surface area contributed by atoms with Gasteiger partial charge in [0, 0.05) is 6.42 Å². The second kappa shape index (κ2) is 23.4. The van der Waals surface area contributed by atoms with Crippen LogP contribution in [-0.4, -0.2) is 98.0 Å². The van der Waals surface area contributed by atoms with E-state index in [4.69, 9.17) is 42.7 Å². The molecule has 0 radical (unpaired) electrons. The zero-order chi connectivity index (χ0) is 32.9. The van der Waals surface area contributed by atoms with Gasteiger partial charge in [-0.3, -0.25) is 24.0 Å². The number of carboxylic acids is 5. The smallest absolute Gasteiger partial charge is 0.326 e. The van der Waals surface area contributed by atoms with Gasteiger partial charge < -0.3 is 53.4 Å². The Morgan fingerprint density at radius 2 is 1.12 bits per heavy atom. The molecule has 2 rings (SSSR count). The van der Waals surface area contributed by atoms with E-state index in [1.165, 1.54) is 6.92 Å². The molecule has 0 bridgehead atoms. The fourth-order valence-electron chi connectivity index (χ4n) is 2.91. The number of nitrogens with two attached hydrogens (primary N) is 3. The van der Waals surface area contributed by atoms with Crippen molar-refractivity contribution in [3.63, 3.8) is 0 Å². The normalized spacial score (nSPS) is 19.2. The Hall–Kier alpha value is -3.34. The van der Waals surface area contributed by atoms with E-state index in [0.29, 0.717) is 37.5 Å². The van der Waals surface area contributed by atoms with E-state index in [1.807, 2.05) is 27.7 Å². The number of amides is 1. The molecule has 2 aliphatic heterocycles. The predicted molar refractivity (Wildman–Crippen MR) is 149 cm³/mol. The van der Waals surface area contributed by atoms with E-state index in [0.717, 1.165) is 19.4 Å². The van der Waals surface area contributed by atoms with Crippen LogP contribution in [0.3, 0.4) is 0 Å². The first-order chi connectivity index (χ1) is 18.7. The van der Waals surface area contributed by atoms with Crippen LogP contribution in [0.4, 0.5) is 0 Å². The predicted octanol–water partition coefficient (Wildman–Crippen LogP) is -0.520. The fraction of sp³-hybridized carbons (Fsp3) is 0.760. The molecular formula is C25H49N5O11. The maximum atomic E-state index is 10.4. The molecule has 16 heteroatoms. The SMILES string of the molecule is CC(C)C[C@H](N)C(=O)O.CC(C)C[C@H](N)C(=O)O.C[C@H](N)C(=O)O.O=C(O)[C@@H]1CCCN1.O=C1CC[C@@H](C(=O)O)N1. The average molecular weight is 596 g/mol. The molecule has 2 heterocycles. The van der Waals surface area contributed by atoms with E-state index in [-0.39, 0.29) is 11.9 Å². The Bertz CT molecular complexity index is 790. The fourth-order valence-corrected chi connectivity index (χ4v) is 2.91. The summed E-state index contributed by atoms with van der Waals surface area (Å²) >= 11 is 0. The number of carbonyl (C=O) groups is 6. The summed E-state index contributed by atoms with van der Waals surface area (Å²) in [5.41, 5.74) is 15.3. The number of hydrogen-bond donors (Lipinski definition) is 10. The Morgan fingerprint density at radius 3 is 1.24 bits per heavy atom. The molecule has 2 fully saturated rings. The van der Waals surface area contributed by atoms with Crippen molar-refractivity contribution in [3.8, 4) is 0 Å². The molecule has 1 amide bonds. The largest absolute Gasteiger partial charge is 0.480 e. The minimum Gasteiger partial charge on any atom is -0.480 e. The van der Waals surface area contributed by atoms with Gasteiger partial charge in [0.15, 0.2) is 0 Å². The maximum absolute atomic E-state index is 10.4. The molecule has 41 heavy (non-hydrogen) atoms. The van der Waals surface area contributed by atoms with E-state index >= 15 is 0 Å². The van der Waals surface area contributed by atoms with Crippen LogP contribution in [0.1, 0.15) is 73.1 Å². The molecule has 0 saturated carbocycles. The Morgan fingerprint density at radius 1 is 0.732 bits per heavy atom. The molecular weight excluding hydrogens is 546 g/mol. The number of hydrogen-bond acceptors (Lipinski definition) is 10. The molecule has 240 valence electrons. The number of nitrogens with one attached hydrogen (secondary N) is 2. The van der Waals surface area contributed by atoms with Crippen molar-refractivity contribution >= 4 is 35.8 Å². The minimum atomic E-state index is -0.963. The van der Waals surface area contributed by atoms with Gasteiger partial charge in [-0.1, -0.05) is 27.7 Å². The molecule has 0 aromatic rings. The van der Waals surface area contributed by atoms with Crippen molar-refractivity contribution in [2.45, 2.75) is 103 Å². The van der Waals surface area contributed by atoms with Crippen molar-refractivity contribution in [1.82, 2.24) is 10.6 Å². The summed E-state index contributed by atoms with van der Waals surface area (Å²) in [6, 6.07) is -3.02. The maximum Gasteiger partial charge on any atom is 0.326 e. The third-order valence-electron chi connectivity index (χ3n) is 5.13. The van der Waals surface area contributed by atoms with Crippen LogP contribution in [0.5, 0.6) is 0 Å². The van der Waals surface area contributed by atoms with Crippen molar-refractivity contribution in [3.05, 3.63) is 0 Å². The average Bonchev–Trinajstić information content (AvgIpc) is 3.52. The molecule has 0 aromatic carbocycles. The van der Waals surface area contributed by atoms with Gasteiger partial charge in [0.25, 0.3) is 0 Å². The molecule has 13 N–H and O–H groups in total. The van der Waals surface area contributed by atoms with E-state index in [9.17, 15) is 28.8 Å². The zero-order valence-corrected chi connectivity index (χ0v) is 24.4. The van der Waals surface area contributed by atoms with Crippen molar-refractivity contribution in [1.29, 1.82) is 0 Å². The van der Waals surface area contributed by atoms with Gasteiger partial charge in [-0.15, -0.1) is 0 Å². The van der Waals surface area contributed by atoms with Gasteiger partial charge in [0.1, 0.15) is 30.2 Å². The first kappa shape index (κ1) is 42.1. The summed E-state index contributed by atoms with van der Waals surface area (Å²) in [7, 11) is 0. The molecule has 0 aliphatic carbocycles. The highest BCUT2D eigenvalue weighted by Crippen LogP contribution is 2.05. The zero-order valence-electron chi connectivity index (χ0n) is 24.4. The van der Waals surface area contributed by atoms with Gasteiger partial charge in [-0.25, -0.2) is 4.79 Å². The van der Waals surface area contributed by atoms with Crippen molar-refractivity contribution in [2.75, 3.05) is 6.54 Å². The van der Waals surface area contributed by atoms with Crippen molar-refractivity contribution < 1.29 is 54.3 Å². The summed E-state index contributed by atoms with van der Waals surface area (Å²) < 4.78 is 0. The Kier molecular flexibility index (Phi) is 24.0. The van der Waals surface area contributed by atoms with E-state index in [2.05, 4.69) is 10.6 Å². The minimum absolute atomic E-state index is 0.164. The highest BCUT2D eigenvalue weighted by Gasteiger charge is 2.26. The van der Waals surface area contributed by atoms with Gasteiger partial charge in [-0.2, -0.15) is 0 Å². The molecule has 5 atom stereocenters. The van der Waals surface area contributed by atoms with Crippen LogP contribution in [0.25, 0.3) is 0 Å². The number of aliphatic carboxylic acids is 5. The van der Waals surface area contributed by atoms with E-state index in [1.54, 1.807) is 0 Å². The third kappa shape index (κ3) is 26.6. The van der Waals surface area contributed by atoms with Gasteiger partial charge in [-0.05, 0) is 57.4 Å². The second-order valence-electron chi connectivity index (χ2n) is 10.3. The summed E-state index contributed by atoms with van der Waals surface area (Å²) in [6.45, 7) is 10.1. The molecule has 0 unspecified atom stereocenters. The number of rotatable bonds is 9. The van der Waals surface area contributed by atoms with E-state index < -0.39 is 54.0 Å². The lowest BCUT2D eigenvalue weighted by molar-refractivity contribution is -0.140. The summed E-state index contributed by atoms with van der Waals surface area (Å²) in [6.07, 6.45) is 3.65. The standard InChI is InChI=1S/2C6H13NO2.C5H7NO3.C5H9NO2.C3H7NO2/c2*1-4(2)3-5(7)6(8)9;7-4-2-1-3(6-4)5(8)9;7-5(8)4-2-1-3-6-4;1-2(4)3(5)6/h2*4-5H,3,7H2,1-2H3,(H,8,9);3H,1-2H2,(H,6,7)(H,8,9);4,6H,1-3H2,(H,7,8);2H,4H2,1H3,(H,5,6)/t2*5-;3-;4-;2-/m00000/s1. The van der Waals surface area contributed by atoms with Gasteiger partial charge in [0.05, 0.1) is 0 Å². The molecule has 2 aliphatic rings. The lowest BCUT2D eigenvalue weighted by Gasteiger charge is -2.07. The first-order valence-corrected chi connectivity index (χ1v) is 13.2. The van der Waals surface area contributed by atoms with Crippen LogP contribution in [0.15, 0.2) is 0 Å². The van der Waals surface area contributed by atoms with Crippen LogP contribution < -0.4 is 27.8 Å². The van der Waals surface area contributed by atoms with Gasteiger partial charge >= 0.3 is 29.8 Å². The van der Waals surface area contributed by atoms with Crippen LogP contribution in [-0.2, 0) is 28.8 Å². The second-order valence-corrected chi connectivity index (χ2v) is 10.3. The Labute approximate surface area is 240 Å². The third-order valence-corrected chi connectivity index (χ3v) is 5.13. The number of carboxylic acid groups (broad SMARTS) is 5. The highest BCUT2D eigenvalue weighted by atomic mass is 16.4. The summed E-state index contributed by atoms with van der Waals surface area (Å²) in [5.74, 6) is -3.90. The number of carbonyl (C=O) groups excluding carboxylic acids is 1. The monoisotopic (exact) mass is 595 g/mol. The summed E-state index contributed by atoms with van der Waals surface area (Å²) in [5, 5.41) is 46.3. The summed E-state index contributed by atoms with van der Waals surface area (Å²) in [4.78, 5) is 60.4. The lowest BCUT2D eigenvalue weighted by Crippen LogP contribution is -2.32. The highest BCUT2D eigenvalue weighted by molar-refractivity contribution is 5.87. The lowest BCUT2D eigenvalue weighted by atomic mass is 10.1. The van der Waals surface area contributed by atoms with Crippen LogP contribution in [0, 0.1) is 11.8 Å². The first-order valence-electron chi connectivity index (χ1n) is 13.2. The van der Waals surface area contributed by atoms with Gasteiger partial charge in [0.2, 0.25) is 5.91 Å².